The van der Waals surface area contributed by atoms with Gasteiger partial charge in [0, 0.05) is 32.7 Å². The molecule has 8 nitrogen and oxygen atoms in total. The maximum absolute atomic E-state index is 12.8. The zero-order valence-corrected chi connectivity index (χ0v) is 15.1. The molecule has 0 atom stereocenters. The first-order valence-corrected chi connectivity index (χ1v) is 8.58. The van der Waals surface area contributed by atoms with Crippen molar-refractivity contribution in [1.82, 2.24) is 19.9 Å². The van der Waals surface area contributed by atoms with E-state index in [-0.39, 0.29) is 29.5 Å². The second kappa shape index (κ2) is 6.16. The number of likely N-dealkylation sites (N-methyl/N-ethyl adjacent to an activating group) is 1. The summed E-state index contributed by atoms with van der Waals surface area (Å²) in [5, 5.41) is 3.77. The van der Waals surface area contributed by atoms with Crippen molar-refractivity contribution in [2.75, 3.05) is 26.7 Å². The van der Waals surface area contributed by atoms with Crippen molar-refractivity contribution in [2.45, 2.75) is 39.2 Å². The van der Waals surface area contributed by atoms with Crippen LogP contribution in [-0.2, 0) is 4.79 Å². The molecule has 1 aromatic heterocycles. The summed E-state index contributed by atoms with van der Waals surface area (Å²) in [6.45, 7) is 7.13. The average Bonchev–Trinajstić information content (AvgIpc) is 3.08. The van der Waals surface area contributed by atoms with E-state index >= 15 is 0 Å². The third-order valence-electron chi connectivity index (χ3n) is 5.01. The third-order valence-corrected chi connectivity index (χ3v) is 5.01. The Morgan fingerprint density at radius 1 is 1.32 bits per heavy atom. The van der Waals surface area contributed by atoms with Crippen molar-refractivity contribution in [3.8, 4) is 0 Å². The van der Waals surface area contributed by atoms with Gasteiger partial charge in [-0.3, -0.25) is 14.5 Å². The summed E-state index contributed by atoms with van der Waals surface area (Å²) in [5.41, 5.74) is -0.550. The maximum atomic E-state index is 12.8. The van der Waals surface area contributed by atoms with Crippen LogP contribution in [0.5, 0.6) is 0 Å². The van der Waals surface area contributed by atoms with E-state index in [0.29, 0.717) is 38.2 Å². The Hall–Kier alpha value is -2.38. The van der Waals surface area contributed by atoms with Gasteiger partial charge in [0.15, 0.2) is 5.69 Å². The number of hydrogen-bond donors (Lipinski definition) is 0. The molecule has 2 saturated heterocycles. The molecule has 0 saturated carbocycles. The molecule has 0 N–H and O–H groups in total. The fourth-order valence-electron chi connectivity index (χ4n) is 3.69. The summed E-state index contributed by atoms with van der Waals surface area (Å²) in [7, 11) is 1.53. The number of carbonyl (C=O) groups excluding carboxylic acids is 3. The van der Waals surface area contributed by atoms with Gasteiger partial charge in [-0.15, -0.1) is 0 Å². The Morgan fingerprint density at radius 2 is 1.96 bits per heavy atom. The Labute approximate surface area is 146 Å². The van der Waals surface area contributed by atoms with Crippen molar-refractivity contribution in [1.29, 1.82) is 0 Å². The van der Waals surface area contributed by atoms with Crippen LogP contribution in [0.25, 0.3) is 0 Å². The van der Waals surface area contributed by atoms with E-state index in [1.165, 1.54) is 11.9 Å². The predicted molar refractivity (Wildman–Crippen MR) is 88.8 cm³/mol. The molecule has 8 heteroatoms. The number of likely N-dealkylation sites (tertiary alicyclic amines) is 1. The fraction of sp³-hybridized carbons (Fsp3) is 0.647. The number of imide groups is 1. The molecule has 0 bridgehead atoms. The topological polar surface area (TPSA) is 87.0 Å². The molecule has 3 rings (SSSR count). The summed E-state index contributed by atoms with van der Waals surface area (Å²) in [5.74, 6) is 0.478. The molecule has 0 aromatic carbocycles. The van der Waals surface area contributed by atoms with Crippen LogP contribution in [0.1, 0.15) is 42.9 Å². The minimum Gasteiger partial charge on any atom is -0.361 e. The smallest absolute Gasteiger partial charge is 0.327 e. The van der Waals surface area contributed by atoms with E-state index in [1.807, 2.05) is 13.8 Å². The van der Waals surface area contributed by atoms with Crippen LogP contribution in [-0.4, -0.2) is 69.9 Å². The molecule has 0 radical (unpaired) electrons. The quantitative estimate of drug-likeness (QED) is 0.773. The zero-order chi connectivity index (χ0) is 18.4. The molecular formula is C17H24N4O4. The summed E-state index contributed by atoms with van der Waals surface area (Å²) in [6, 6.07) is 1.36. The average molecular weight is 348 g/mol. The zero-order valence-electron chi connectivity index (χ0n) is 15.1. The summed E-state index contributed by atoms with van der Waals surface area (Å²) < 4.78 is 4.96. The number of piperidine rings is 1. The highest BCUT2D eigenvalue weighted by atomic mass is 16.5. The van der Waals surface area contributed by atoms with Gasteiger partial charge in [0.25, 0.3) is 11.8 Å². The lowest BCUT2D eigenvalue weighted by Crippen LogP contribution is -2.58. The monoisotopic (exact) mass is 348 g/mol. The molecule has 2 fully saturated rings. The summed E-state index contributed by atoms with van der Waals surface area (Å²) in [4.78, 5) is 42.4. The maximum Gasteiger partial charge on any atom is 0.327 e. The lowest BCUT2D eigenvalue weighted by molar-refractivity contribution is -0.134. The molecule has 1 aromatic rings. The fourth-order valence-corrected chi connectivity index (χ4v) is 3.69. The highest BCUT2D eigenvalue weighted by molar-refractivity contribution is 6.07. The first kappa shape index (κ1) is 17.4. The van der Waals surface area contributed by atoms with E-state index in [9.17, 15) is 14.4 Å². The van der Waals surface area contributed by atoms with Crippen LogP contribution < -0.4 is 0 Å². The molecule has 2 aliphatic rings. The summed E-state index contributed by atoms with van der Waals surface area (Å²) >= 11 is 0. The molecule has 3 heterocycles. The van der Waals surface area contributed by atoms with Gasteiger partial charge in [-0.05, 0) is 25.7 Å². The largest absolute Gasteiger partial charge is 0.361 e. The number of nitrogens with zero attached hydrogens (tertiary/aromatic N) is 4. The van der Waals surface area contributed by atoms with Crippen molar-refractivity contribution < 1.29 is 18.9 Å². The Balaban J connectivity index is 1.77. The van der Waals surface area contributed by atoms with Gasteiger partial charge in [0.2, 0.25) is 0 Å². The molecule has 25 heavy (non-hydrogen) atoms. The molecule has 4 amide bonds. The molecular weight excluding hydrogens is 324 g/mol. The van der Waals surface area contributed by atoms with Crippen LogP contribution in [0.4, 0.5) is 4.79 Å². The van der Waals surface area contributed by atoms with Gasteiger partial charge in [0.05, 0.1) is 0 Å². The lowest BCUT2D eigenvalue weighted by atomic mass is 9.85. The standard InChI is InChI=1S/C17H24N4O4/c1-11(2)10-21-16(24)19(4)15(23)17(21)5-7-20(8-6-17)14(22)13-9-12(3)25-18-13/h9,11H,5-8,10H2,1-4H3. The second-order valence-corrected chi connectivity index (χ2v) is 7.30. The third kappa shape index (κ3) is 2.79. The second-order valence-electron chi connectivity index (χ2n) is 7.30. The van der Waals surface area contributed by atoms with Crippen LogP contribution in [0.3, 0.4) is 0 Å². The SMILES string of the molecule is Cc1cc(C(=O)N2CCC3(CC2)C(=O)N(C)C(=O)N3CC(C)C)no1. The number of amides is 4. The number of aromatic nitrogens is 1. The van der Waals surface area contributed by atoms with Gasteiger partial charge >= 0.3 is 6.03 Å². The number of carbonyl (C=O) groups is 3. The van der Waals surface area contributed by atoms with Gasteiger partial charge in [-0.25, -0.2) is 4.79 Å². The van der Waals surface area contributed by atoms with Crippen molar-refractivity contribution in [2.24, 2.45) is 5.92 Å². The van der Waals surface area contributed by atoms with Gasteiger partial charge in [0.1, 0.15) is 11.3 Å². The van der Waals surface area contributed by atoms with Crippen LogP contribution >= 0.6 is 0 Å². The van der Waals surface area contributed by atoms with Gasteiger partial charge in [-0.1, -0.05) is 19.0 Å². The minimum atomic E-state index is -0.827. The van der Waals surface area contributed by atoms with E-state index in [2.05, 4.69) is 5.16 Å². The molecule has 0 aliphatic carbocycles. The van der Waals surface area contributed by atoms with Crippen LogP contribution in [0.15, 0.2) is 10.6 Å². The van der Waals surface area contributed by atoms with E-state index in [0.717, 1.165) is 0 Å². The van der Waals surface area contributed by atoms with Crippen molar-refractivity contribution in [3.05, 3.63) is 17.5 Å². The Kier molecular flexibility index (Phi) is 4.30. The molecule has 136 valence electrons. The predicted octanol–water partition coefficient (Wildman–Crippen LogP) is 1.51. The number of aryl methyl sites for hydroxylation is 1. The minimum absolute atomic E-state index is 0.164. The first-order chi connectivity index (χ1) is 11.8. The molecule has 1 spiro atoms. The highest BCUT2D eigenvalue weighted by Gasteiger charge is 2.57. The number of hydrogen-bond acceptors (Lipinski definition) is 5. The molecule has 2 aliphatic heterocycles. The van der Waals surface area contributed by atoms with E-state index in [4.69, 9.17) is 4.52 Å². The van der Waals surface area contributed by atoms with Gasteiger partial charge < -0.3 is 14.3 Å². The summed E-state index contributed by atoms with van der Waals surface area (Å²) in [6.07, 6.45) is 0.883. The van der Waals surface area contributed by atoms with Gasteiger partial charge in [-0.2, -0.15) is 0 Å². The molecule has 0 unspecified atom stereocenters. The Morgan fingerprint density at radius 3 is 2.48 bits per heavy atom. The van der Waals surface area contributed by atoms with E-state index < -0.39 is 5.54 Å². The van der Waals surface area contributed by atoms with Crippen molar-refractivity contribution >= 4 is 17.8 Å². The van der Waals surface area contributed by atoms with Crippen LogP contribution in [0.2, 0.25) is 0 Å². The number of rotatable bonds is 3. The number of urea groups is 1. The normalized spacial score (nSPS) is 20.3. The highest BCUT2D eigenvalue weighted by Crippen LogP contribution is 2.37. The van der Waals surface area contributed by atoms with E-state index in [1.54, 1.807) is 22.8 Å². The Bertz CT molecular complexity index is 703. The lowest BCUT2D eigenvalue weighted by Gasteiger charge is -2.42. The first-order valence-electron chi connectivity index (χ1n) is 8.58. The van der Waals surface area contributed by atoms with Crippen LogP contribution in [0, 0.1) is 12.8 Å². The van der Waals surface area contributed by atoms with Crippen molar-refractivity contribution in [3.63, 3.8) is 0 Å².